The second kappa shape index (κ2) is 8.52. The Labute approximate surface area is 180 Å². The summed E-state index contributed by atoms with van der Waals surface area (Å²) < 4.78 is 16.4. The molecule has 0 aliphatic carbocycles. The van der Waals surface area contributed by atoms with E-state index in [-0.39, 0.29) is 5.91 Å². The molecular weight excluding hydrogens is 392 g/mol. The van der Waals surface area contributed by atoms with E-state index in [1.54, 1.807) is 25.3 Å². The van der Waals surface area contributed by atoms with Crippen LogP contribution in [0.4, 0.5) is 5.69 Å². The third kappa shape index (κ3) is 4.23. The summed E-state index contributed by atoms with van der Waals surface area (Å²) in [6.07, 6.45) is 0. The molecule has 1 amide bonds. The molecule has 0 atom stereocenters. The predicted molar refractivity (Wildman–Crippen MR) is 121 cm³/mol. The molecule has 0 unspecified atom stereocenters. The lowest BCUT2D eigenvalue weighted by Gasteiger charge is -2.10. The van der Waals surface area contributed by atoms with Crippen molar-refractivity contribution in [2.24, 2.45) is 0 Å². The number of rotatable bonds is 6. The number of benzene rings is 3. The largest absolute Gasteiger partial charge is 0.493 e. The fourth-order valence-corrected chi connectivity index (χ4v) is 3.34. The molecule has 31 heavy (non-hydrogen) atoms. The average Bonchev–Trinajstić information content (AvgIpc) is 3.22. The van der Waals surface area contributed by atoms with Gasteiger partial charge in [0.1, 0.15) is 5.52 Å². The Morgan fingerprint density at radius 1 is 0.968 bits per heavy atom. The molecule has 0 fully saturated rings. The Morgan fingerprint density at radius 2 is 1.77 bits per heavy atom. The van der Waals surface area contributed by atoms with Crippen LogP contribution in [-0.4, -0.2) is 25.1 Å². The van der Waals surface area contributed by atoms with Crippen LogP contribution in [0.3, 0.4) is 0 Å². The standard InChI is InChI=1S/C25H24N2O4/c1-15(2)16-8-10-21-20(13-16)27-25(31-21)18-6-5-7-19(12-18)26-24(28)17-9-11-22(29-3)23(14-17)30-4/h5-15H,1-4H3,(H,26,28). The lowest BCUT2D eigenvalue weighted by molar-refractivity contribution is 0.102. The van der Waals surface area contributed by atoms with Crippen LogP contribution in [0.2, 0.25) is 0 Å². The normalized spacial score (nSPS) is 11.0. The van der Waals surface area contributed by atoms with Gasteiger partial charge in [-0.3, -0.25) is 4.79 Å². The first-order valence-corrected chi connectivity index (χ1v) is 10.0. The third-order valence-electron chi connectivity index (χ3n) is 5.09. The van der Waals surface area contributed by atoms with Crippen molar-refractivity contribution < 1.29 is 18.7 Å². The number of methoxy groups -OCH3 is 2. The van der Waals surface area contributed by atoms with E-state index in [9.17, 15) is 4.79 Å². The monoisotopic (exact) mass is 416 g/mol. The summed E-state index contributed by atoms with van der Waals surface area (Å²) in [5.41, 5.74) is 4.66. The number of oxazole rings is 1. The molecule has 0 spiro atoms. The second-order valence-corrected chi connectivity index (χ2v) is 7.51. The van der Waals surface area contributed by atoms with Gasteiger partial charge in [0.05, 0.1) is 14.2 Å². The van der Waals surface area contributed by atoms with Crippen molar-refractivity contribution in [3.05, 3.63) is 71.8 Å². The van der Waals surface area contributed by atoms with Crippen molar-refractivity contribution in [3.8, 4) is 23.0 Å². The molecule has 1 N–H and O–H groups in total. The van der Waals surface area contributed by atoms with E-state index < -0.39 is 0 Å². The summed E-state index contributed by atoms with van der Waals surface area (Å²) in [5, 5.41) is 2.91. The number of hydrogen-bond acceptors (Lipinski definition) is 5. The topological polar surface area (TPSA) is 73.6 Å². The van der Waals surface area contributed by atoms with Gasteiger partial charge < -0.3 is 19.2 Å². The van der Waals surface area contributed by atoms with Crippen LogP contribution >= 0.6 is 0 Å². The summed E-state index contributed by atoms with van der Waals surface area (Å²) in [4.78, 5) is 17.4. The minimum atomic E-state index is -0.253. The maximum atomic E-state index is 12.7. The van der Waals surface area contributed by atoms with Crippen LogP contribution < -0.4 is 14.8 Å². The van der Waals surface area contributed by atoms with Crippen molar-refractivity contribution in [1.82, 2.24) is 4.98 Å². The number of fused-ring (bicyclic) bond motifs is 1. The molecule has 4 rings (SSSR count). The van der Waals surface area contributed by atoms with Gasteiger partial charge in [0, 0.05) is 16.8 Å². The van der Waals surface area contributed by atoms with E-state index in [0.717, 1.165) is 16.7 Å². The third-order valence-corrected chi connectivity index (χ3v) is 5.09. The molecule has 6 heteroatoms. The van der Waals surface area contributed by atoms with Crippen molar-refractivity contribution in [3.63, 3.8) is 0 Å². The van der Waals surface area contributed by atoms with Gasteiger partial charge in [0.15, 0.2) is 17.1 Å². The minimum absolute atomic E-state index is 0.253. The smallest absolute Gasteiger partial charge is 0.255 e. The second-order valence-electron chi connectivity index (χ2n) is 7.51. The van der Waals surface area contributed by atoms with E-state index >= 15 is 0 Å². The maximum absolute atomic E-state index is 12.7. The van der Waals surface area contributed by atoms with Crippen molar-refractivity contribution in [2.75, 3.05) is 19.5 Å². The molecule has 3 aromatic carbocycles. The number of carbonyl (C=O) groups is 1. The highest BCUT2D eigenvalue weighted by molar-refractivity contribution is 6.05. The molecule has 1 heterocycles. The van der Waals surface area contributed by atoms with Crippen molar-refractivity contribution in [2.45, 2.75) is 19.8 Å². The van der Waals surface area contributed by atoms with Crippen LogP contribution in [0.1, 0.15) is 35.7 Å². The fraction of sp³-hybridized carbons (Fsp3) is 0.200. The molecule has 4 aromatic rings. The van der Waals surface area contributed by atoms with Gasteiger partial charge >= 0.3 is 0 Å². The lowest BCUT2D eigenvalue weighted by Crippen LogP contribution is -2.12. The average molecular weight is 416 g/mol. The fourth-order valence-electron chi connectivity index (χ4n) is 3.34. The van der Waals surface area contributed by atoms with E-state index in [1.165, 1.54) is 12.7 Å². The van der Waals surface area contributed by atoms with Crippen molar-refractivity contribution >= 4 is 22.7 Å². The quantitative estimate of drug-likeness (QED) is 0.424. The van der Waals surface area contributed by atoms with Crippen LogP contribution in [0.5, 0.6) is 11.5 Å². The van der Waals surface area contributed by atoms with E-state index in [4.69, 9.17) is 13.9 Å². The van der Waals surface area contributed by atoms with Crippen LogP contribution in [0, 0.1) is 0 Å². The summed E-state index contributed by atoms with van der Waals surface area (Å²) >= 11 is 0. The maximum Gasteiger partial charge on any atom is 0.255 e. The van der Waals surface area contributed by atoms with Gasteiger partial charge in [-0.2, -0.15) is 0 Å². The van der Waals surface area contributed by atoms with Gasteiger partial charge in [-0.05, 0) is 60.0 Å². The Morgan fingerprint density at radius 3 is 2.52 bits per heavy atom. The zero-order valence-corrected chi connectivity index (χ0v) is 17.9. The molecule has 0 bridgehead atoms. The van der Waals surface area contributed by atoms with Gasteiger partial charge in [-0.1, -0.05) is 26.0 Å². The van der Waals surface area contributed by atoms with Crippen molar-refractivity contribution in [1.29, 1.82) is 0 Å². The first kappa shape index (κ1) is 20.5. The summed E-state index contributed by atoms with van der Waals surface area (Å²) in [6.45, 7) is 4.29. The summed E-state index contributed by atoms with van der Waals surface area (Å²) in [7, 11) is 3.09. The number of nitrogens with zero attached hydrogens (tertiary/aromatic N) is 1. The summed E-state index contributed by atoms with van der Waals surface area (Å²) in [6, 6.07) is 18.5. The highest BCUT2D eigenvalue weighted by Crippen LogP contribution is 2.30. The first-order valence-electron chi connectivity index (χ1n) is 10.0. The van der Waals surface area contributed by atoms with Gasteiger partial charge in [0.25, 0.3) is 5.91 Å². The number of nitrogens with one attached hydrogen (secondary N) is 1. The molecule has 158 valence electrons. The van der Waals surface area contributed by atoms with Crippen LogP contribution in [0.25, 0.3) is 22.6 Å². The number of anilines is 1. The van der Waals surface area contributed by atoms with E-state index in [1.807, 2.05) is 30.3 Å². The number of hydrogen-bond donors (Lipinski definition) is 1. The highest BCUT2D eigenvalue weighted by atomic mass is 16.5. The predicted octanol–water partition coefficient (Wildman–Crippen LogP) is 5.89. The highest BCUT2D eigenvalue weighted by Gasteiger charge is 2.13. The number of aromatic nitrogens is 1. The van der Waals surface area contributed by atoms with Gasteiger partial charge in [-0.15, -0.1) is 0 Å². The Bertz CT molecular complexity index is 1240. The lowest BCUT2D eigenvalue weighted by atomic mass is 10.0. The molecule has 0 aliphatic heterocycles. The zero-order chi connectivity index (χ0) is 22.0. The first-order chi connectivity index (χ1) is 15.0. The van der Waals surface area contributed by atoms with Crippen LogP contribution in [-0.2, 0) is 0 Å². The molecule has 0 aliphatic rings. The Balaban J connectivity index is 1.59. The van der Waals surface area contributed by atoms with E-state index in [2.05, 4.69) is 36.3 Å². The van der Waals surface area contributed by atoms with Gasteiger partial charge in [-0.25, -0.2) is 4.98 Å². The zero-order valence-electron chi connectivity index (χ0n) is 17.9. The number of carbonyl (C=O) groups excluding carboxylic acids is 1. The molecule has 1 aromatic heterocycles. The number of amides is 1. The SMILES string of the molecule is COc1ccc(C(=O)Nc2cccc(-c3nc4cc(C(C)C)ccc4o3)c2)cc1OC. The van der Waals surface area contributed by atoms with Gasteiger partial charge in [0.2, 0.25) is 5.89 Å². The minimum Gasteiger partial charge on any atom is -0.493 e. The number of ether oxygens (including phenoxy) is 2. The van der Waals surface area contributed by atoms with Crippen LogP contribution in [0.15, 0.2) is 65.1 Å². The molecule has 6 nitrogen and oxygen atoms in total. The molecule has 0 saturated heterocycles. The Hall–Kier alpha value is -3.80. The summed E-state index contributed by atoms with van der Waals surface area (Å²) in [5.74, 6) is 1.74. The molecule has 0 radical (unpaired) electrons. The molecular formula is C25H24N2O4. The van der Waals surface area contributed by atoms with E-state index in [0.29, 0.717) is 34.6 Å². The Kier molecular flexibility index (Phi) is 5.62. The molecule has 0 saturated carbocycles.